The second-order valence-electron chi connectivity index (χ2n) is 7.60. The lowest BCUT2D eigenvalue weighted by molar-refractivity contribution is -0.142. The molecule has 156 valence electrons. The van der Waals surface area contributed by atoms with Crippen molar-refractivity contribution < 1.29 is 14.3 Å². The summed E-state index contributed by atoms with van der Waals surface area (Å²) in [5, 5.41) is 2.88. The molecule has 0 aliphatic rings. The second kappa shape index (κ2) is 10.4. The van der Waals surface area contributed by atoms with Gasteiger partial charge in [-0.2, -0.15) is 0 Å². The Morgan fingerprint density at radius 1 is 1.07 bits per heavy atom. The van der Waals surface area contributed by atoms with E-state index in [4.69, 9.17) is 4.74 Å². The summed E-state index contributed by atoms with van der Waals surface area (Å²) in [6.45, 7) is 9.70. The lowest BCUT2D eigenvalue weighted by Crippen LogP contribution is -2.50. The van der Waals surface area contributed by atoms with Gasteiger partial charge in [0, 0.05) is 17.1 Å². The van der Waals surface area contributed by atoms with Gasteiger partial charge in [-0.15, -0.1) is 0 Å². The Morgan fingerprint density at radius 2 is 1.72 bits per heavy atom. The first kappa shape index (κ1) is 22.9. The first-order valence-corrected chi connectivity index (χ1v) is 10.5. The number of amides is 2. The van der Waals surface area contributed by atoms with Crippen LogP contribution >= 0.6 is 15.9 Å². The lowest BCUT2D eigenvalue weighted by atomic mass is 10.1. The van der Waals surface area contributed by atoms with Crippen molar-refractivity contribution in [1.29, 1.82) is 0 Å². The minimum Gasteiger partial charge on any atom is -0.484 e. The molecule has 2 amide bonds. The molecule has 0 bridgehead atoms. The average Bonchev–Trinajstić information content (AvgIpc) is 2.62. The highest BCUT2D eigenvalue weighted by Crippen LogP contribution is 2.18. The molecule has 0 radical (unpaired) electrons. The van der Waals surface area contributed by atoms with Gasteiger partial charge in [-0.05, 0) is 75.6 Å². The zero-order chi connectivity index (χ0) is 21.6. The number of hydrogen-bond donors (Lipinski definition) is 1. The molecule has 0 saturated heterocycles. The number of carbonyl (C=O) groups is 2. The van der Waals surface area contributed by atoms with Crippen molar-refractivity contribution in [2.24, 2.45) is 0 Å². The summed E-state index contributed by atoms with van der Waals surface area (Å²) in [6, 6.07) is 12.9. The molecular formula is C23H29BrN2O3. The van der Waals surface area contributed by atoms with Crippen LogP contribution in [0.5, 0.6) is 5.75 Å². The smallest absolute Gasteiger partial charge is 0.261 e. The van der Waals surface area contributed by atoms with Crippen LogP contribution in [-0.4, -0.2) is 35.4 Å². The van der Waals surface area contributed by atoms with E-state index in [1.807, 2.05) is 70.2 Å². The summed E-state index contributed by atoms with van der Waals surface area (Å²) in [5.41, 5.74) is 3.08. The fraction of sp³-hybridized carbons (Fsp3) is 0.391. The molecule has 5 nitrogen and oxygen atoms in total. The van der Waals surface area contributed by atoms with Gasteiger partial charge in [-0.25, -0.2) is 0 Å². The third-order valence-corrected chi connectivity index (χ3v) is 4.89. The molecule has 0 spiro atoms. The van der Waals surface area contributed by atoms with Gasteiger partial charge in [0.15, 0.2) is 6.61 Å². The lowest BCUT2D eigenvalue weighted by Gasteiger charge is -2.29. The van der Waals surface area contributed by atoms with E-state index in [-0.39, 0.29) is 24.5 Å². The van der Waals surface area contributed by atoms with Crippen molar-refractivity contribution in [2.75, 3.05) is 6.61 Å². The average molecular weight is 461 g/mol. The number of nitrogens with zero attached hydrogens (tertiary/aromatic N) is 1. The quantitative estimate of drug-likeness (QED) is 0.635. The molecule has 0 heterocycles. The van der Waals surface area contributed by atoms with Crippen molar-refractivity contribution in [3.8, 4) is 5.75 Å². The van der Waals surface area contributed by atoms with Gasteiger partial charge in [-0.3, -0.25) is 9.59 Å². The molecule has 1 atom stereocenters. The molecule has 29 heavy (non-hydrogen) atoms. The number of benzene rings is 2. The largest absolute Gasteiger partial charge is 0.484 e. The Morgan fingerprint density at radius 3 is 2.31 bits per heavy atom. The minimum atomic E-state index is -0.619. The van der Waals surface area contributed by atoms with E-state index in [0.29, 0.717) is 12.3 Å². The van der Waals surface area contributed by atoms with E-state index in [1.165, 1.54) is 0 Å². The van der Waals surface area contributed by atoms with Crippen molar-refractivity contribution in [1.82, 2.24) is 10.2 Å². The summed E-state index contributed by atoms with van der Waals surface area (Å²) in [7, 11) is 0. The van der Waals surface area contributed by atoms with Crippen molar-refractivity contribution in [2.45, 2.75) is 53.2 Å². The van der Waals surface area contributed by atoms with Crippen molar-refractivity contribution in [3.05, 3.63) is 63.6 Å². The van der Waals surface area contributed by atoms with E-state index in [1.54, 1.807) is 11.8 Å². The minimum absolute atomic E-state index is 0.000657. The molecule has 2 aromatic carbocycles. The van der Waals surface area contributed by atoms with Gasteiger partial charge < -0.3 is 15.0 Å². The highest BCUT2D eigenvalue weighted by atomic mass is 79.9. The molecule has 1 N–H and O–H groups in total. The van der Waals surface area contributed by atoms with E-state index in [2.05, 4.69) is 21.2 Å². The van der Waals surface area contributed by atoms with Crippen LogP contribution in [0.1, 0.15) is 37.5 Å². The third kappa shape index (κ3) is 7.20. The zero-order valence-corrected chi connectivity index (χ0v) is 19.2. The SMILES string of the molecule is Cc1cc(C)cc(OCC(=O)N(Cc2cccc(Br)c2)[C@@H](C)C(=O)NC(C)C)c1. The topological polar surface area (TPSA) is 58.6 Å². The number of ether oxygens (including phenoxy) is 1. The van der Waals surface area contributed by atoms with Crippen LogP contribution in [0.2, 0.25) is 0 Å². The molecule has 0 aliphatic heterocycles. The maximum Gasteiger partial charge on any atom is 0.261 e. The summed E-state index contributed by atoms with van der Waals surface area (Å²) in [5.74, 6) is 0.225. The molecule has 6 heteroatoms. The summed E-state index contributed by atoms with van der Waals surface area (Å²) in [6.07, 6.45) is 0. The van der Waals surface area contributed by atoms with Crippen molar-refractivity contribution in [3.63, 3.8) is 0 Å². The Hall–Kier alpha value is -2.34. The Labute approximate surface area is 181 Å². The van der Waals surface area contributed by atoms with E-state index in [0.717, 1.165) is 21.2 Å². The van der Waals surface area contributed by atoms with Crippen LogP contribution in [0.4, 0.5) is 0 Å². The normalized spacial score (nSPS) is 11.8. The van der Waals surface area contributed by atoms with Gasteiger partial charge in [0.2, 0.25) is 5.91 Å². The van der Waals surface area contributed by atoms with Crippen LogP contribution in [-0.2, 0) is 16.1 Å². The van der Waals surface area contributed by atoms with Gasteiger partial charge in [-0.1, -0.05) is 34.1 Å². The monoisotopic (exact) mass is 460 g/mol. The van der Waals surface area contributed by atoms with Crippen LogP contribution in [0, 0.1) is 13.8 Å². The van der Waals surface area contributed by atoms with Gasteiger partial charge >= 0.3 is 0 Å². The third-order valence-electron chi connectivity index (χ3n) is 4.40. The predicted octanol–water partition coefficient (Wildman–Crippen LogP) is 4.39. The van der Waals surface area contributed by atoms with Gasteiger partial charge in [0.05, 0.1) is 0 Å². The molecule has 0 aromatic heterocycles. The molecule has 0 fully saturated rings. The van der Waals surface area contributed by atoms with Crippen LogP contribution in [0.3, 0.4) is 0 Å². The highest BCUT2D eigenvalue weighted by Gasteiger charge is 2.27. The Bertz CT molecular complexity index is 847. The van der Waals surface area contributed by atoms with E-state index >= 15 is 0 Å². The number of nitrogens with one attached hydrogen (secondary N) is 1. The van der Waals surface area contributed by atoms with E-state index < -0.39 is 6.04 Å². The first-order chi connectivity index (χ1) is 13.7. The van der Waals surface area contributed by atoms with Crippen molar-refractivity contribution >= 4 is 27.7 Å². The molecular weight excluding hydrogens is 432 g/mol. The molecule has 0 saturated carbocycles. The highest BCUT2D eigenvalue weighted by molar-refractivity contribution is 9.10. The summed E-state index contributed by atoms with van der Waals surface area (Å²) in [4.78, 5) is 27.1. The van der Waals surface area contributed by atoms with Crippen LogP contribution in [0.25, 0.3) is 0 Å². The summed E-state index contributed by atoms with van der Waals surface area (Å²) < 4.78 is 6.67. The zero-order valence-electron chi connectivity index (χ0n) is 17.7. The number of halogens is 1. The standard InChI is InChI=1S/C23H29BrN2O3/c1-15(2)25-23(28)18(5)26(13-19-7-6-8-20(24)12-19)22(27)14-29-21-10-16(3)9-17(4)11-21/h6-12,15,18H,13-14H2,1-5H3,(H,25,28)/t18-/m0/s1. The van der Waals surface area contributed by atoms with Crippen LogP contribution < -0.4 is 10.1 Å². The van der Waals surface area contributed by atoms with Gasteiger partial charge in [0.25, 0.3) is 5.91 Å². The second-order valence-corrected chi connectivity index (χ2v) is 8.52. The fourth-order valence-electron chi connectivity index (χ4n) is 3.06. The number of hydrogen-bond acceptors (Lipinski definition) is 3. The number of aryl methyl sites for hydroxylation is 2. The number of carbonyl (C=O) groups excluding carboxylic acids is 2. The van der Waals surface area contributed by atoms with Crippen LogP contribution in [0.15, 0.2) is 46.9 Å². The van der Waals surface area contributed by atoms with Gasteiger partial charge in [0.1, 0.15) is 11.8 Å². The Kier molecular flexibility index (Phi) is 8.26. The summed E-state index contributed by atoms with van der Waals surface area (Å²) >= 11 is 3.46. The first-order valence-electron chi connectivity index (χ1n) is 9.71. The predicted molar refractivity (Wildman–Crippen MR) is 119 cm³/mol. The maximum absolute atomic E-state index is 13.0. The molecule has 0 unspecified atom stereocenters. The molecule has 2 aromatic rings. The molecule has 2 rings (SSSR count). The maximum atomic E-state index is 13.0. The van der Waals surface area contributed by atoms with E-state index in [9.17, 15) is 9.59 Å². The Balaban J connectivity index is 2.17. The number of rotatable bonds is 8. The fourth-order valence-corrected chi connectivity index (χ4v) is 3.51. The molecule has 0 aliphatic carbocycles.